The summed E-state index contributed by atoms with van der Waals surface area (Å²) < 4.78 is 0. The molecule has 0 aromatic heterocycles. The van der Waals surface area contributed by atoms with Crippen LogP contribution in [0.2, 0.25) is 12.6 Å². The minimum atomic E-state index is -1.65. The summed E-state index contributed by atoms with van der Waals surface area (Å²) in [5.74, 6) is 0. The van der Waals surface area contributed by atoms with Crippen LogP contribution in [0.4, 0.5) is 0 Å². The molecule has 1 aliphatic rings. The number of halogens is 3. The summed E-state index contributed by atoms with van der Waals surface area (Å²) >= 11 is 0. The standard InChI is InChI=1S/C21H23Si.3ClH.Ti/c1-3-22(2,20-14-8-5-9-15-20)21-16-10-13-19(21)17-18-11-6-4-7-12-18;;;;/h4-9,11-15H,3,10,17H2,1-2H3;3*1H;/q-1;;;;+4/p-3. The van der Waals surface area contributed by atoms with Gasteiger partial charge in [0.05, 0.1) is 8.07 Å². The van der Waals surface area contributed by atoms with Gasteiger partial charge in [0.2, 0.25) is 0 Å². The van der Waals surface area contributed by atoms with E-state index in [4.69, 9.17) is 0 Å². The Hall–Kier alpha value is -0.279. The summed E-state index contributed by atoms with van der Waals surface area (Å²) in [6.07, 6.45) is 8.10. The fraction of sp³-hybridized carbons (Fsp3) is 0.238. The molecule has 0 saturated heterocycles. The predicted molar refractivity (Wildman–Crippen MR) is 97.8 cm³/mol. The normalized spacial score (nSPS) is 14.2. The Balaban J connectivity index is 0. The molecule has 0 aliphatic heterocycles. The molecule has 1 unspecified atom stereocenters. The van der Waals surface area contributed by atoms with Gasteiger partial charge in [0.1, 0.15) is 0 Å². The summed E-state index contributed by atoms with van der Waals surface area (Å²) in [6.45, 7) is 4.83. The van der Waals surface area contributed by atoms with Gasteiger partial charge in [-0.1, -0.05) is 97.3 Å². The van der Waals surface area contributed by atoms with Gasteiger partial charge in [-0.3, -0.25) is 6.08 Å². The number of allylic oxidation sites excluding steroid dienone is 4. The van der Waals surface area contributed by atoms with Crippen LogP contribution in [-0.4, -0.2) is 8.07 Å². The van der Waals surface area contributed by atoms with Crippen molar-refractivity contribution in [1.29, 1.82) is 0 Å². The van der Waals surface area contributed by atoms with Crippen LogP contribution in [0.15, 0.2) is 77.5 Å². The molecule has 2 aromatic rings. The Morgan fingerprint density at radius 1 is 0.885 bits per heavy atom. The van der Waals surface area contributed by atoms with Crippen LogP contribution < -0.4 is 42.4 Å². The number of benzene rings is 2. The second-order valence-corrected chi connectivity index (χ2v) is 10.6. The number of rotatable bonds is 5. The molecule has 0 spiro atoms. The maximum absolute atomic E-state index is 3.70. The molecule has 5 heteroatoms. The molecule has 0 amide bonds. The van der Waals surface area contributed by atoms with Crippen LogP contribution in [0, 0.1) is 6.08 Å². The molecule has 3 rings (SSSR count). The molecule has 0 bridgehead atoms. The van der Waals surface area contributed by atoms with Gasteiger partial charge in [0, 0.05) is 0 Å². The van der Waals surface area contributed by atoms with E-state index in [2.05, 4.69) is 86.3 Å². The zero-order valence-corrected chi connectivity index (χ0v) is 19.9. The molecular formula is C21H23Cl3SiTi. The second-order valence-electron chi connectivity index (χ2n) is 6.20. The summed E-state index contributed by atoms with van der Waals surface area (Å²) in [5, 5.41) is 3.06. The zero-order valence-electron chi connectivity index (χ0n) is 15.1. The van der Waals surface area contributed by atoms with Gasteiger partial charge in [-0.25, -0.2) is 5.20 Å². The first kappa shape index (κ1) is 27.9. The fourth-order valence-corrected chi connectivity index (χ4v) is 6.72. The molecule has 0 N–H and O–H groups in total. The van der Waals surface area contributed by atoms with Crippen molar-refractivity contribution in [2.24, 2.45) is 0 Å². The summed E-state index contributed by atoms with van der Waals surface area (Å²) in [5.41, 5.74) is 2.90. The van der Waals surface area contributed by atoms with E-state index in [0.717, 1.165) is 12.8 Å². The number of hydrogen-bond donors (Lipinski definition) is 0. The predicted octanol–water partition coefficient (Wildman–Crippen LogP) is -4.16. The van der Waals surface area contributed by atoms with E-state index >= 15 is 0 Å². The van der Waals surface area contributed by atoms with Crippen molar-refractivity contribution >= 4 is 13.3 Å². The summed E-state index contributed by atoms with van der Waals surface area (Å²) in [7, 11) is -1.65. The van der Waals surface area contributed by atoms with Crippen LogP contribution >= 0.6 is 0 Å². The largest absolute Gasteiger partial charge is 4.00 e. The average molecular weight is 458 g/mol. The molecule has 26 heavy (non-hydrogen) atoms. The van der Waals surface area contributed by atoms with Crippen LogP contribution in [0.5, 0.6) is 0 Å². The van der Waals surface area contributed by atoms with Gasteiger partial charge < -0.3 is 37.2 Å². The molecule has 2 aromatic carbocycles. The van der Waals surface area contributed by atoms with E-state index in [0.29, 0.717) is 0 Å². The van der Waals surface area contributed by atoms with E-state index < -0.39 is 8.07 Å². The first-order valence-corrected chi connectivity index (χ1v) is 10.8. The third-order valence-corrected chi connectivity index (χ3v) is 9.48. The van der Waals surface area contributed by atoms with Crippen molar-refractivity contribution < 1.29 is 58.9 Å². The van der Waals surface area contributed by atoms with E-state index in [1.165, 1.54) is 27.6 Å². The minimum Gasteiger partial charge on any atom is -1.00 e. The third kappa shape index (κ3) is 6.12. The monoisotopic (exact) mass is 456 g/mol. The zero-order chi connectivity index (χ0) is 15.4. The van der Waals surface area contributed by atoms with Crippen molar-refractivity contribution in [1.82, 2.24) is 0 Å². The van der Waals surface area contributed by atoms with E-state index in [9.17, 15) is 0 Å². The maximum atomic E-state index is 3.70. The smallest absolute Gasteiger partial charge is 1.00 e. The number of hydrogen-bond acceptors (Lipinski definition) is 0. The Morgan fingerprint density at radius 2 is 1.42 bits per heavy atom. The molecule has 1 atom stereocenters. The third-order valence-electron chi connectivity index (χ3n) is 4.86. The van der Waals surface area contributed by atoms with Gasteiger partial charge in [-0.2, -0.15) is 11.6 Å². The van der Waals surface area contributed by atoms with Crippen molar-refractivity contribution in [3.05, 3.63) is 89.1 Å². The van der Waals surface area contributed by atoms with Gasteiger partial charge in [0.25, 0.3) is 0 Å². The molecule has 0 radical (unpaired) electrons. The van der Waals surface area contributed by atoms with Crippen LogP contribution in [-0.2, 0) is 28.1 Å². The second kappa shape index (κ2) is 13.0. The summed E-state index contributed by atoms with van der Waals surface area (Å²) in [4.78, 5) is 0. The Bertz CT molecular complexity index is 702. The van der Waals surface area contributed by atoms with E-state index in [1.54, 1.807) is 0 Å². The Labute approximate surface area is 192 Å². The van der Waals surface area contributed by atoms with Gasteiger partial charge in [-0.15, -0.1) is 6.42 Å². The topological polar surface area (TPSA) is 0 Å². The Morgan fingerprint density at radius 3 is 1.96 bits per heavy atom. The van der Waals surface area contributed by atoms with Crippen molar-refractivity contribution in [3.63, 3.8) is 0 Å². The quantitative estimate of drug-likeness (QED) is 0.316. The average Bonchev–Trinajstić information content (AvgIpc) is 3.04. The molecule has 1 aliphatic carbocycles. The first-order chi connectivity index (χ1) is 10.7. The van der Waals surface area contributed by atoms with Crippen LogP contribution in [0.1, 0.15) is 18.9 Å². The summed E-state index contributed by atoms with van der Waals surface area (Å²) in [6, 6.07) is 23.1. The fourth-order valence-electron chi connectivity index (χ4n) is 3.35. The molecule has 0 nitrogen and oxygen atoms in total. The van der Waals surface area contributed by atoms with Crippen LogP contribution in [0.3, 0.4) is 0 Å². The Kier molecular flexibility index (Phi) is 14.0. The molecule has 0 heterocycles. The van der Waals surface area contributed by atoms with Gasteiger partial charge in [0.15, 0.2) is 0 Å². The van der Waals surface area contributed by atoms with Crippen molar-refractivity contribution in [2.75, 3.05) is 0 Å². The minimum absolute atomic E-state index is 0. The maximum Gasteiger partial charge on any atom is 4.00 e. The van der Waals surface area contributed by atoms with Crippen LogP contribution in [0.25, 0.3) is 0 Å². The SMILES string of the molecule is CC[Si](C)(C1=[C-]CC=C1Cc1ccccc1)c1ccccc1.[Cl-].[Cl-].[Cl-].[Ti+4]. The first-order valence-electron chi connectivity index (χ1n) is 8.14. The van der Waals surface area contributed by atoms with Crippen molar-refractivity contribution in [3.8, 4) is 0 Å². The molecule has 0 saturated carbocycles. The van der Waals surface area contributed by atoms with Crippen molar-refractivity contribution in [2.45, 2.75) is 32.4 Å². The van der Waals surface area contributed by atoms with Gasteiger partial charge in [-0.05, 0) is 0 Å². The van der Waals surface area contributed by atoms with E-state index in [-0.39, 0.29) is 58.9 Å². The molecule has 0 fully saturated rings. The van der Waals surface area contributed by atoms with E-state index in [1.807, 2.05) is 0 Å². The van der Waals surface area contributed by atoms with Gasteiger partial charge >= 0.3 is 21.7 Å². The molecule has 136 valence electrons. The molecular weight excluding hydrogens is 435 g/mol.